The van der Waals surface area contributed by atoms with Crippen LogP contribution in [-0.2, 0) is 10.4 Å². The Bertz CT molecular complexity index is 227. The van der Waals surface area contributed by atoms with Crippen LogP contribution in [0.5, 0.6) is 0 Å². The Hall–Kier alpha value is -0.430. The van der Waals surface area contributed by atoms with Crippen LogP contribution >= 0.6 is 0 Å². The van der Waals surface area contributed by atoms with E-state index in [1.54, 1.807) is 0 Å². The molecule has 5 nitrogen and oxygen atoms in total. The van der Waals surface area contributed by atoms with Gasteiger partial charge in [-0.3, -0.25) is 8.42 Å². The third-order valence-electron chi connectivity index (χ3n) is 1.50. The average Bonchev–Trinajstić information content (AvgIpc) is 2.06. The van der Waals surface area contributed by atoms with Gasteiger partial charge in [-0.05, 0) is 18.3 Å². The van der Waals surface area contributed by atoms with Gasteiger partial charge in [0.05, 0.1) is 0 Å². The smallest absolute Gasteiger partial charge is 0.0311 e. The predicted molar refractivity (Wildman–Crippen MR) is 37.2 cm³/mol. The van der Waals surface area contributed by atoms with Gasteiger partial charge in [0.2, 0.25) is 0 Å². The van der Waals surface area contributed by atoms with E-state index in [0.29, 0.717) is 0 Å². The quantitative estimate of drug-likeness (QED) is 0.326. The summed E-state index contributed by atoms with van der Waals surface area (Å²) in [6.45, 7) is 0. The fraction of sp³-hybridized carbons (Fsp3) is 0.600. The maximum Gasteiger partial charge on any atom is 0.0311 e. The molecule has 0 heterocycles. The zero-order chi connectivity index (χ0) is 7.78. The van der Waals surface area contributed by atoms with Crippen molar-refractivity contribution in [1.29, 1.82) is 0 Å². The van der Waals surface area contributed by atoms with E-state index in [1.807, 2.05) is 0 Å². The number of quaternary nitrogens is 1. The molecular formula is C5H10NO4S-. The maximum absolute atomic E-state index is 8.52. The van der Waals surface area contributed by atoms with Crippen LogP contribution in [0.2, 0.25) is 0 Å². The van der Waals surface area contributed by atoms with Crippen molar-refractivity contribution in [3.8, 4) is 0 Å². The summed E-state index contributed by atoms with van der Waals surface area (Å²) in [6.07, 6.45) is 6.06. The molecule has 1 fully saturated rings. The third kappa shape index (κ3) is 4.91. The summed E-state index contributed by atoms with van der Waals surface area (Å²) >= 11 is 0. The Morgan fingerprint density at radius 2 is 1.45 bits per heavy atom. The van der Waals surface area contributed by atoms with Crippen LogP contribution in [0.4, 0.5) is 0 Å². The van der Waals surface area contributed by atoms with E-state index in [2.05, 4.69) is 12.2 Å². The van der Waals surface area contributed by atoms with Gasteiger partial charge in [0.1, 0.15) is 0 Å². The third-order valence-corrected chi connectivity index (χ3v) is 1.50. The van der Waals surface area contributed by atoms with E-state index in [9.17, 15) is 0 Å². The van der Waals surface area contributed by atoms with Gasteiger partial charge in [-0.1, -0.05) is 12.2 Å². The molecule has 2 aliphatic rings. The van der Waals surface area contributed by atoms with Crippen LogP contribution in [0.25, 0.3) is 0 Å². The van der Waals surface area contributed by atoms with Gasteiger partial charge in [-0.2, -0.15) is 0 Å². The molecule has 0 saturated heterocycles. The minimum Gasteiger partial charge on any atom is -0.759 e. The highest BCUT2D eigenvalue weighted by atomic mass is 32.3. The van der Waals surface area contributed by atoms with Crippen LogP contribution in [0.1, 0.15) is 6.42 Å². The molecule has 0 amide bonds. The van der Waals surface area contributed by atoms with E-state index in [1.165, 1.54) is 6.42 Å². The summed E-state index contributed by atoms with van der Waals surface area (Å²) in [5, 5.41) is 0. The van der Waals surface area contributed by atoms with Gasteiger partial charge in [0, 0.05) is 10.4 Å². The second-order valence-corrected chi connectivity index (χ2v) is 3.17. The highest BCUT2D eigenvalue weighted by molar-refractivity contribution is 7.79. The van der Waals surface area contributed by atoms with Gasteiger partial charge in [-0.25, -0.2) is 0 Å². The number of fused-ring (bicyclic) bond motifs is 1. The molecule has 66 valence electrons. The lowest BCUT2D eigenvalue weighted by atomic mass is 10.1. The second kappa shape index (κ2) is 3.31. The molecule has 0 aliphatic heterocycles. The Labute approximate surface area is 65.3 Å². The molecule has 0 spiro atoms. The molecule has 0 radical (unpaired) electrons. The maximum atomic E-state index is 8.52. The molecule has 1 saturated carbocycles. The Balaban J connectivity index is 0.000000167. The van der Waals surface area contributed by atoms with E-state index >= 15 is 0 Å². The fourth-order valence-corrected chi connectivity index (χ4v) is 0.818. The highest BCUT2D eigenvalue weighted by Gasteiger charge is 2.38. The number of rotatable bonds is 0. The minimum atomic E-state index is -5.17. The zero-order valence-electron chi connectivity index (χ0n) is 6.06. The molecule has 2 aliphatic carbocycles. The molecular weight excluding hydrogens is 170 g/mol. The van der Waals surface area contributed by atoms with E-state index in [-0.39, 0.29) is 6.15 Å². The molecule has 0 aromatic rings. The molecule has 0 bridgehead atoms. The topological polar surface area (TPSA) is 117 Å². The van der Waals surface area contributed by atoms with Crippen molar-refractivity contribution >= 4 is 10.4 Å². The SMILES string of the molecule is C1=CC2CC12.O=S(=O)([O-])[O-].[NH4+]. The van der Waals surface area contributed by atoms with Crippen molar-refractivity contribution in [3.05, 3.63) is 12.2 Å². The largest absolute Gasteiger partial charge is 0.759 e. The standard InChI is InChI=1S/C5H6.H3N.H2O4S/c1-2-5-3-4(1)5;;1-5(2,3)4/h1-2,4-5H,3H2;1H3;(H2,1,2,3,4)/p-1. The van der Waals surface area contributed by atoms with Gasteiger partial charge < -0.3 is 15.3 Å². The number of hydrogen-bond donors (Lipinski definition) is 1. The van der Waals surface area contributed by atoms with E-state index in [0.717, 1.165) is 11.8 Å². The van der Waals surface area contributed by atoms with Crippen LogP contribution < -0.4 is 6.15 Å². The zero-order valence-corrected chi connectivity index (χ0v) is 6.87. The molecule has 11 heavy (non-hydrogen) atoms. The van der Waals surface area contributed by atoms with Crippen LogP contribution in [0, 0.1) is 11.8 Å². The summed E-state index contributed by atoms with van der Waals surface area (Å²) in [5.74, 6) is 2.10. The molecule has 0 aromatic heterocycles. The Kier molecular flexibility index (Phi) is 3.18. The first-order chi connectivity index (χ1) is 4.47. The van der Waals surface area contributed by atoms with Crippen molar-refractivity contribution in [2.24, 2.45) is 11.8 Å². The van der Waals surface area contributed by atoms with Gasteiger partial charge in [-0.15, -0.1) is 0 Å². The second-order valence-electron chi connectivity index (χ2n) is 2.36. The Morgan fingerprint density at radius 1 is 1.18 bits per heavy atom. The van der Waals surface area contributed by atoms with Crippen LogP contribution in [0.15, 0.2) is 12.2 Å². The number of hydrogen-bond acceptors (Lipinski definition) is 4. The minimum absolute atomic E-state index is 0. The summed E-state index contributed by atoms with van der Waals surface area (Å²) < 4.78 is 34.1. The molecule has 2 rings (SSSR count). The monoisotopic (exact) mass is 180 g/mol. The first-order valence-electron chi connectivity index (χ1n) is 2.82. The fourth-order valence-electron chi connectivity index (χ4n) is 0.818. The van der Waals surface area contributed by atoms with Crippen molar-refractivity contribution in [3.63, 3.8) is 0 Å². The summed E-state index contributed by atoms with van der Waals surface area (Å²) in [7, 11) is -5.17. The predicted octanol–water partition coefficient (Wildman–Crippen LogP) is 0.230. The van der Waals surface area contributed by atoms with Crippen LogP contribution in [-0.4, -0.2) is 17.5 Å². The number of allylic oxidation sites excluding steroid dienone is 2. The van der Waals surface area contributed by atoms with Gasteiger partial charge >= 0.3 is 0 Å². The van der Waals surface area contributed by atoms with Crippen molar-refractivity contribution < 1.29 is 17.5 Å². The Morgan fingerprint density at radius 3 is 1.45 bits per heavy atom. The lowest BCUT2D eigenvalue weighted by Gasteiger charge is -2.06. The summed E-state index contributed by atoms with van der Waals surface area (Å²) in [5.41, 5.74) is 0. The molecule has 6 heteroatoms. The van der Waals surface area contributed by atoms with Crippen molar-refractivity contribution in [2.45, 2.75) is 6.42 Å². The molecule has 4 N–H and O–H groups in total. The highest BCUT2D eigenvalue weighted by Crippen LogP contribution is 2.48. The van der Waals surface area contributed by atoms with Crippen molar-refractivity contribution in [1.82, 2.24) is 6.15 Å². The first kappa shape index (κ1) is 10.6. The average molecular weight is 180 g/mol. The van der Waals surface area contributed by atoms with E-state index in [4.69, 9.17) is 17.5 Å². The molecule has 2 atom stereocenters. The lowest BCUT2D eigenvalue weighted by Crippen LogP contribution is -1.91. The summed E-state index contributed by atoms with van der Waals surface area (Å²) in [4.78, 5) is 0. The molecule has 2 unspecified atom stereocenters. The van der Waals surface area contributed by atoms with Gasteiger partial charge in [0.25, 0.3) is 0 Å². The van der Waals surface area contributed by atoms with Gasteiger partial charge in [0.15, 0.2) is 0 Å². The van der Waals surface area contributed by atoms with Crippen molar-refractivity contribution in [2.75, 3.05) is 0 Å². The normalized spacial score (nSPS) is 30.0. The first-order valence-corrected chi connectivity index (χ1v) is 4.15. The van der Waals surface area contributed by atoms with Crippen LogP contribution in [0.3, 0.4) is 0 Å². The lowest BCUT2D eigenvalue weighted by molar-refractivity contribution is 0.352. The van der Waals surface area contributed by atoms with E-state index < -0.39 is 10.4 Å². The summed E-state index contributed by atoms with van der Waals surface area (Å²) in [6, 6.07) is 0. The molecule has 0 aromatic carbocycles.